The lowest BCUT2D eigenvalue weighted by Gasteiger charge is -2.27. The molecule has 1 heterocycles. The number of anilines is 1. The number of rotatable bonds is 5. The fourth-order valence-electron chi connectivity index (χ4n) is 4.32. The highest BCUT2D eigenvalue weighted by Crippen LogP contribution is 2.27. The van der Waals surface area contributed by atoms with Gasteiger partial charge < -0.3 is 15.0 Å². The van der Waals surface area contributed by atoms with Crippen LogP contribution in [0.15, 0.2) is 89.7 Å². The van der Waals surface area contributed by atoms with Gasteiger partial charge in [0, 0.05) is 17.5 Å². The van der Waals surface area contributed by atoms with Crippen LogP contribution in [-0.4, -0.2) is 34.6 Å². The first kappa shape index (κ1) is 24.3. The Kier molecular flexibility index (Phi) is 6.54. The summed E-state index contributed by atoms with van der Waals surface area (Å²) in [4.78, 5) is 33.4. The first-order valence-electron chi connectivity index (χ1n) is 11.8. The summed E-state index contributed by atoms with van der Waals surface area (Å²) in [5.41, 5.74) is 1.52. The molecular formula is C29H25ClN4O3. The molecule has 0 fully saturated rings. The highest BCUT2D eigenvalue weighted by Gasteiger charge is 2.25. The van der Waals surface area contributed by atoms with E-state index in [4.69, 9.17) is 21.3 Å². The van der Waals surface area contributed by atoms with Crippen LogP contribution in [-0.2, 0) is 0 Å². The molecule has 0 aliphatic rings. The largest absolute Gasteiger partial charge is 0.497 e. The average Bonchev–Trinajstić information content (AvgIpc) is 2.92. The number of carbonyl (C=O) groups is 1. The van der Waals surface area contributed by atoms with Gasteiger partial charge in [-0.15, -0.1) is 0 Å². The Labute approximate surface area is 218 Å². The van der Waals surface area contributed by atoms with Crippen molar-refractivity contribution >= 4 is 45.0 Å². The van der Waals surface area contributed by atoms with Crippen LogP contribution in [0.25, 0.3) is 27.4 Å². The molecular weight excluding hydrogens is 488 g/mol. The van der Waals surface area contributed by atoms with Gasteiger partial charge in [-0.1, -0.05) is 48.0 Å². The lowest BCUT2D eigenvalue weighted by molar-refractivity contribution is 0.205. The molecule has 0 bridgehead atoms. The Bertz CT molecular complexity index is 1680. The van der Waals surface area contributed by atoms with Crippen LogP contribution in [0.4, 0.5) is 10.5 Å². The molecule has 4 aromatic carbocycles. The summed E-state index contributed by atoms with van der Waals surface area (Å²) >= 11 is 6.21. The average molecular weight is 513 g/mol. The summed E-state index contributed by atoms with van der Waals surface area (Å²) in [5.74, 6) is 1.07. The number of urea groups is 1. The van der Waals surface area contributed by atoms with Crippen molar-refractivity contribution in [1.29, 1.82) is 0 Å². The molecule has 5 aromatic rings. The van der Waals surface area contributed by atoms with Crippen molar-refractivity contribution in [1.82, 2.24) is 14.5 Å². The molecule has 0 radical (unpaired) electrons. The quantitative estimate of drug-likeness (QED) is 0.294. The summed E-state index contributed by atoms with van der Waals surface area (Å²) in [6.45, 7) is 1.83. The van der Waals surface area contributed by atoms with Crippen LogP contribution in [0.3, 0.4) is 0 Å². The smallest absolute Gasteiger partial charge is 0.322 e. The van der Waals surface area contributed by atoms with Crippen LogP contribution in [0.1, 0.15) is 18.8 Å². The maximum Gasteiger partial charge on any atom is 0.322 e. The Morgan fingerprint density at radius 2 is 1.73 bits per heavy atom. The van der Waals surface area contributed by atoms with Gasteiger partial charge in [0.05, 0.1) is 35.4 Å². The molecule has 0 aliphatic carbocycles. The van der Waals surface area contributed by atoms with Gasteiger partial charge in [0.2, 0.25) is 0 Å². The van der Waals surface area contributed by atoms with E-state index in [2.05, 4.69) is 5.32 Å². The van der Waals surface area contributed by atoms with Crippen LogP contribution in [0, 0.1) is 0 Å². The summed E-state index contributed by atoms with van der Waals surface area (Å²) in [6.07, 6.45) is 0. The summed E-state index contributed by atoms with van der Waals surface area (Å²) in [6, 6.07) is 24.8. The number of hydrogen-bond donors (Lipinski definition) is 1. The number of ether oxygens (including phenoxy) is 1. The zero-order valence-electron chi connectivity index (χ0n) is 20.6. The second-order valence-corrected chi connectivity index (χ2v) is 9.15. The zero-order chi connectivity index (χ0) is 26.1. The van der Waals surface area contributed by atoms with Crippen LogP contribution in [0.5, 0.6) is 5.75 Å². The summed E-state index contributed by atoms with van der Waals surface area (Å²) in [5, 5.41) is 5.87. The number of aromatic nitrogens is 2. The van der Waals surface area contributed by atoms with E-state index in [-0.39, 0.29) is 11.6 Å². The van der Waals surface area contributed by atoms with Crippen molar-refractivity contribution in [3.8, 4) is 11.4 Å². The van der Waals surface area contributed by atoms with Crippen LogP contribution in [0.2, 0.25) is 5.02 Å². The van der Waals surface area contributed by atoms with Crippen LogP contribution >= 0.6 is 11.6 Å². The molecule has 1 N–H and O–H groups in total. The second kappa shape index (κ2) is 9.95. The van der Waals surface area contributed by atoms with E-state index < -0.39 is 6.04 Å². The summed E-state index contributed by atoms with van der Waals surface area (Å²) in [7, 11) is 3.26. The standard InChI is InChI=1S/C29H25ClN4O3/c1-18(33(2)29(36)32-25-10-6-8-19-7-4-5-9-23(19)25)27-31-26-17-20(30)11-16-24(26)28(35)34(27)21-12-14-22(37-3)15-13-21/h4-18H,1-3H3,(H,32,36). The van der Waals surface area contributed by atoms with Crippen molar-refractivity contribution in [3.63, 3.8) is 0 Å². The highest BCUT2D eigenvalue weighted by molar-refractivity contribution is 6.31. The Balaban J connectivity index is 1.57. The topological polar surface area (TPSA) is 76.5 Å². The minimum absolute atomic E-state index is 0.253. The summed E-state index contributed by atoms with van der Waals surface area (Å²) < 4.78 is 6.80. The second-order valence-electron chi connectivity index (χ2n) is 8.71. The maximum atomic E-state index is 13.7. The highest BCUT2D eigenvalue weighted by atomic mass is 35.5. The number of carbonyl (C=O) groups excluding carboxylic acids is 1. The predicted octanol–water partition coefficient (Wildman–Crippen LogP) is 6.43. The Morgan fingerprint density at radius 3 is 2.49 bits per heavy atom. The van der Waals surface area contributed by atoms with E-state index in [0.29, 0.717) is 38.9 Å². The third-order valence-electron chi connectivity index (χ3n) is 6.49. The van der Waals surface area contributed by atoms with Crippen molar-refractivity contribution in [2.24, 2.45) is 0 Å². The van der Waals surface area contributed by atoms with Gasteiger partial charge in [-0.3, -0.25) is 9.36 Å². The molecule has 0 spiro atoms. The third kappa shape index (κ3) is 4.61. The number of halogens is 1. The first-order chi connectivity index (χ1) is 17.9. The lowest BCUT2D eigenvalue weighted by Crippen LogP contribution is -2.37. The number of benzene rings is 4. The predicted molar refractivity (Wildman–Crippen MR) is 148 cm³/mol. The molecule has 0 aliphatic heterocycles. The Hall–Kier alpha value is -4.36. The van der Waals surface area contributed by atoms with E-state index in [1.165, 1.54) is 9.47 Å². The molecule has 37 heavy (non-hydrogen) atoms. The number of hydrogen-bond acceptors (Lipinski definition) is 4. The molecule has 0 saturated carbocycles. The van der Waals surface area contributed by atoms with Crippen molar-refractivity contribution in [2.45, 2.75) is 13.0 Å². The fraction of sp³-hybridized carbons (Fsp3) is 0.138. The van der Waals surface area contributed by atoms with Gasteiger partial charge in [-0.25, -0.2) is 9.78 Å². The number of fused-ring (bicyclic) bond motifs is 2. The molecule has 1 aromatic heterocycles. The Morgan fingerprint density at radius 1 is 1.00 bits per heavy atom. The van der Waals surface area contributed by atoms with E-state index in [0.717, 1.165) is 10.8 Å². The van der Waals surface area contributed by atoms with Crippen LogP contribution < -0.4 is 15.6 Å². The van der Waals surface area contributed by atoms with Crippen molar-refractivity contribution < 1.29 is 9.53 Å². The minimum atomic E-state index is -0.562. The molecule has 7 nitrogen and oxygen atoms in total. The maximum absolute atomic E-state index is 13.7. The molecule has 8 heteroatoms. The minimum Gasteiger partial charge on any atom is -0.497 e. The molecule has 186 valence electrons. The van der Waals surface area contributed by atoms with Gasteiger partial charge in [0.1, 0.15) is 11.6 Å². The number of methoxy groups -OCH3 is 1. The number of nitrogens with one attached hydrogen (secondary N) is 1. The number of amides is 2. The van der Waals surface area contributed by atoms with Gasteiger partial charge >= 0.3 is 6.03 Å². The van der Waals surface area contributed by atoms with Gasteiger partial charge in [0.15, 0.2) is 0 Å². The third-order valence-corrected chi connectivity index (χ3v) is 6.73. The SMILES string of the molecule is COc1ccc(-n2c(C(C)N(C)C(=O)Nc3cccc4ccccc34)nc3cc(Cl)ccc3c2=O)cc1. The molecule has 5 rings (SSSR count). The van der Waals surface area contributed by atoms with Crippen molar-refractivity contribution in [3.05, 3.63) is 106 Å². The normalized spacial score (nSPS) is 11.9. The number of nitrogens with zero attached hydrogens (tertiary/aromatic N) is 3. The first-order valence-corrected chi connectivity index (χ1v) is 12.1. The van der Waals surface area contributed by atoms with E-state index in [1.54, 1.807) is 56.6 Å². The lowest BCUT2D eigenvalue weighted by atomic mass is 10.1. The monoisotopic (exact) mass is 512 g/mol. The van der Waals surface area contributed by atoms with E-state index in [1.807, 2.05) is 49.4 Å². The molecule has 2 amide bonds. The van der Waals surface area contributed by atoms with Crippen molar-refractivity contribution in [2.75, 3.05) is 19.5 Å². The van der Waals surface area contributed by atoms with Gasteiger partial charge in [-0.05, 0) is 60.8 Å². The zero-order valence-corrected chi connectivity index (χ0v) is 21.4. The van der Waals surface area contributed by atoms with E-state index in [9.17, 15) is 9.59 Å². The molecule has 0 saturated heterocycles. The molecule has 1 unspecified atom stereocenters. The fourth-order valence-corrected chi connectivity index (χ4v) is 4.49. The molecule has 1 atom stereocenters. The van der Waals surface area contributed by atoms with E-state index >= 15 is 0 Å². The van der Waals surface area contributed by atoms with Gasteiger partial charge in [0.25, 0.3) is 5.56 Å². The van der Waals surface area contributed by atoms with Gasteiger partial charge in [-0.2, -0.15) is 0 Å².